The average Bonchev–Trinajstić information content (AvgIpc) is 2.42. The third-order valence-corrected chi connectivity index (χ3v) is 4.58. The molecule has 1 aromatic rings. The molecule has 4 unspecified atom stereocenters. The molecule has 0 aromatic heterocycles. The lowest BCUT2D eigenvalue weighted by molar-refractivity contribution is -0.0224. The number of ether oxygens (including phenoxy) is 1. The van der Waals surface area contributed by atoms with E-state index in [0.717, 1.165) is 24.5 Å². The highest BCUT2D eigenvalue weighted by molar-refractivity contribution is 6.30. The summed E-state index contributed by atoms with van der Waals surface area (Å²) >= 11 is 5.98. The minimum atomic E-state index is 0.0714. The molecule has 0 aliphatic carbocycles. The van der Waals surface area contributed by atoms with Gasteiger partial charge in [-0.3, -0.25) is 4.90 Å². The van der Waals surface area contributed by atoms with Crippen LogP contribution in [0.15, 0.2) is 24.3 Å². The minimum Gasteiger partial charge on any atom is -0.380 e. The zero-order valence-electron chi connectivity index (χ0n) is 12.6. The average molecular weight is 297 g/mol. The molecule has 0 amide bonds. The zero-order valence-corrected chi connectivity index (χ0v) is 13.3. The molecule has 1 aliphatic heterocycles. The van der Waals surface area contributed by atoms with Crippen LogP contribution in [-0.4, -0.2) is 37.2 Å². The van der Waals surface area contributed by atoms with Crippen molar-refractivity contribution in [1.82, 2.24) is 4.90 Å². The molecular weight excluding hydrogens is 272 g/mol. The number of likely N-dealkylation sites (tertiary alicyclic amines) is 1. The summed E-state index contributed by atoms with van der Waals surface area (Å²) < 4.78 is 5.61. The first kappa shape index (κ1) is 15.8. The fourth-order valence-electron chi connectivity index (χ4n) is 3.12. The van der Waals surface area contributed by atoms with Crippen molar-refractivity contribution < 1.29 is 4.74 Å². The lowest BCUT2D eigenvalue weighted by Gasteiger charge is -2.42. The lowest BCUT2D eigenvalue weighted by Crippen LogP contribution is -2.49. The van der Waals surface area contributed by atoms with Crippen LogP contribution in [0.3, 0.4) is 0 Å². The molecule has 112 valence electrons. The van der Waals surface area contributed by atoms with E-state index in [1.165, 1.54) is 5.56 Å². The second kappa shape index (κ2) is 6.90. The molecule has 4 heteroatoms. The molecule has 0 bridgehead atoms. The number of hydrogen-bond donors (Lipinski definition) is 1. The van der Waals surface area contributed by atoms with Gasteiger partial charge in [-0.2, -0.15) is 0 Å². The normalized spacial score (nSPS) is 27.2. The molecule has 1 aromatic carbocycles. The van der Waals surface area contributed by atoms with E-state index < -0.39 is 0 Å². The highest BCUT2D eigenvalue weighted by Crippen LogP contribution is 2.30. The molecule has 20 heavy (non-hydrogen) atoms. The van der Waals surface area contributed by atoms with Gasteiger partial charge in [-0.05, 0) is 43.5 Å². The Morgan fingerprint density at radius 1 is 1.35 bits per heavy atom. The zero-order chi connectivity index (χ0) is 14.7. The van der Waals surface area contributed by atoms with Crippen LogP contribution in [0.2, 0.25) is 5.02 Å². The molecule has 2 N–H and O–H groups in total. The Kier molecular flexibility index (Phi) is 5.44. The number of hydrogen-bond acceptors (Lipinski definition) is 3. The Bertz CT molecular complexity index is 421. The Morgan fingerprint density at radius 2 is 2.00 bits per heavy atom. The second-order valence-corrected chi connectivity index (χ2v) is 6.33. The van der Waals surface area contributed by atoms with Crippen molar-refractivity contribution in [2.45, 2.75) is 38.5 Å². The van der Waals surface area contributed by atoms with E-state index in [2.05, 4.69) is 30.9 Å². The monoisotopic (exact) mass is 296 g/mol. The summed E-state index contributed by atoms with van der Waals surface area (Å²) in [6, 6.07) is 8.32. The van der Waals surface area contributed by atoms with Gasteiger partial charge in [0, 0.05) is 30.8 Å². The molecule has 3 nitrogen and oxygen atoms in total. The van der Waals surface area contributed by atoms with Crippen LogP contribution in [0.1, 0.15) is 31.9 Å². The molecule has 1 heterocycles. The fraction of sp³-hybridized carbons (Fsp3) is 0.625. The van der Waals surface area contributed by atoms with Crippen molar-refractivity contribution in [3.8, 4) is 0 Å². The number of methoxy groups -OCH3 is 1. The summed E-state index contributed by atoms with van der Waals surface area (Å²) in [5.41, 5.74) is 7.47. The Morgan fingerprint density at radius 3 is 2.55 bits per heavy atom. The molecule has 0 radical (unpaired) electrons. The van der Waals surface area contributed by atoms with Gasteiger partial charge in [0.05, 0.1) is 6.10 Å². The summed E-state index contributed by atoms with van der Waals surface area (Å²) in [5, 5.41) is 0.763. The van der Waals surface area contributed by atoms with Gasteiger partial charge in [-0.25, -0.2) is 0 Å². The Labute approximate surface area is 127 Å². The number of piperidine rings is 1. The number of benzene rings is 1. The predicted octanol–water partition coefficient (Wildman–Crippen LogP) is 3.09. The molecule has 1 saturated heterocycles. The van der Waals surface area contributed by atoms with Crippen molar-refractivity contribution >= 4 is 11.6 Å². The van der Waals surface area contributed by atoms with Crippen molar-refractivity contribution in [1.29, 1.82) is 0 Å². The summed E-state index contributed by atoms with van der Waals surface area (Å²) in [4.78, 5) is 2.45. The molecule has 2 rings (SSSR count). The van der Waals surface area contributed by atoms with Crippen LogP contribution in [0.5, 0.6) is 0 Å². The van der Waals surface area contributed by atoms with E-state index in [4.69, 9.17) is 22.1 Å². The summed E-state index contributed by atoms with van der Waals surface area (Å²) in [7, 11) is 1.80. The van der Waals surface area contributed by atoms with Gasteiger partial charge in [0.1, 0.15) is 0 Å². The summed E-state index contributed by atoms with van der Waals surface area (Å²) in [6.07, 6.45) is 1.44. The van der Waals surface area contributed by atoms with E-state index >= 15 is 0 Å². The third kappa shape index (κ3) is 3.53. The van der Waals surface area contributed by atoms with Gasteiger partial charge in [-0.15, -0.1) is 0 Å². The lowest BCUT2D eigenvalue weighted by atomic mass is 9.91. The van der Waals surface area contributed by atoms with Crippen LogP contribution < -0.4 is 5.73 Å². The van der Waals surface area contributed by atoms with Crippen LogP contribution in [0, 0.1) is 5.92 Å². The van der Waals surface area contributed by atoms with Crippen LogP contribution >= 0.6 is 11.6 Å². The highest BCUT2D eigenvalue weighted by atomic mass is 35.5. The van der Waals surface area contributed by atoms with E-state index in [1.54, 1.807) is 7.11 Å². The minimum absolute atomic E-state index is 0.0714. The van der Waals surface area contributed by atoms with Crippen LogP contribution in [0.4, 0.5) is 0 Å². The molecule has 1 fully saturated rings. The highest BCUT2D eigenvalue weighted by Gasteiger charge is 2.32. The van der Waals surface area contributed by atoms with Crippen LogP contribution in [0.25, 0.3) is 0 Å². The van der Waals surface area contributed by atoms with Gasteiger partial charge in [0.25, 0.3) is 0 Å². The van der Waals surface area contributed by atoms with Gasteiger partial charge in [0.15, 0.2) is 0 Å². The predicted molar refractivity (Wildman–Crippen MR) is 84.0 cm³/mol. The molecule has 4 atom stereocenters. The summed E-state index contributed by atoms with van der Waals surface area (Å²) in [6.45, 7) is 6.33. The molecule has 0 saturated carbocycles. The quantitative estimate of drug-likeness (QED) is 0.928. The standard InChI is InChI=1S/C16H25ClN2O/c1-11-8-9-19(10-15(11)20-3)16(12(2)18)13-4-6-14(17)7-5-13/h4-7,11-12,15-16H,8-10,18H2,1-3H3. The maximum atomic E-state index is 6.24. The maximum Gasteiger partial charge on any atom is 0.0724 e. The van der Waals surface area contributed by atoms with Crippen molar-refractivity contribution in [2.75, 3.05) is 20.2 Å². The Balaban J connectivity index is 2.18. The van der Waals surface area contributed by atoms with E-state index in [-0.39, 0.29) is 18.2 Å². The number of rotatable bonds is 4. The Hall–Kier alpha value is -0.610. The van der Waals surface area contributed by atoms with Gasteiger partial charge >= 0.3 is 0 Å². The first-order valence-corrected chi connectivity index (χ1v) is 7.68. The van der Waals surface area contributed by atoms with Crippen LogP contribution in [-0.2, 0) is 4.74 Å². The number of halogens is 1. The number of nitrogens with zero attached hydrogens (tertiary/aromatic N) is 1. The van der Waals surface area contributed by atoms with Crippen molar-refractivity contribution in [2.24, 2.45) is 11.7 Å². The fourth-order valence-corrected chi connectivity index (χ4v) is 3.25. The van der Waals surface area contributed by atoms with Gasteiger partial charge in [0.2, 0.25) is 0 Å². The first-order chi connectivity index (χ1) is 9.52. The summed E-state index contributed by atoms with van der Waals surface area (Å²) in [5.74, 6) is 0.607. The van der Waals surface area contributed by atoms with E-state index in [1.807, 2.05) is 12.1 Å². The topological polar surface area (TPSA) is 38.5 Å². The first-order valence-electron chi connectivity index (χ1n) is 7.30. The van der Waals surface area contributed by atoms with Gasteiger partial charge < -0.3 is 10.5 Å². The third-order valence-electron chi connectivity index (χ3n) is 4.33. The van der Waals surface area contributed by atoms with Crippen molar-refractivity contribution in [3.63, 3.8) is 0 Å². The molecule has 1 aliphatic rings. The number of nitrogens with two attached hydrogens (primary N) is 1. The van der Waals surface area contributed by atoms with Gasteiger partial charge in [-0.1, -0.05) is 30.7 Å². The van der Waals surface area contributed by atoms with E-state index in [9.17, 15) is 0 Å². The SMILES string of the molecule is COC1CN(C(c2ccc(Cl)cc2)C(C)N)CCC1C. The molecule has 0 spiro atoms. The smallest absolute Gasteiger partial charge is 0.0724 e. The van der Waals surface area contributed by atoms with E-state index in [0.29, 0.717) is 5.92 Å². The largest absolute Gasteiger partial charge is 0.380 e. The van der Waals surface area contributed by atoms with Crippen molar-refractivity contribution in [3.05, 3.63) is 34.9 Å². The maximum absolute atomic E-state index is 6.24. The second-order valence-electron chi connectivity index (χ2n) is 5.89. The molecular formula is C16H25ClN2O.